The molecule has 1 heterocycles. The van der Waals surface area contributed by atoms with Crippen LogP contribution in [0, 0.1) is 11.3 Å². The van der Waals surface area contributed by atoms with E-state index in [-0.39, 0.29) is 24.3 Å². The Morgan fingerprint density at radius 2 is 1.70 bits per heavy atom. The smallest absolute Gasteiger partial charge is 0.407 e. The third kappa shape index (κ3) is 3.96. The van der Waals surface area contributed by atoms with Crippen LogP contribution in [0.3, 0.4) is 0 Å². The Morgan fingerprint density at radius 3 is 2.33 bits per heavy atom. The predicted molar refractivity (Wildman–Crippen MR) is 122 cm³/mol. The van der Waals surface area contributed by atoms with Gasteiger partial charge in [0.05, 0.1) is 5.41 Å². The fourth-order valence-corrected chi connectivity index (χ4v) is 5.40. The van der Waals surface area contributed by atoms with Gasteiger partial charge in [-0.3, -0.25) is 9.59 Å². The van der Waals surface area contributed by atoms with E-state index in [4.69, 9.17) is 4.74 Å². The molecule has 2 aliphatic carbocycles. The number of aliphatic carboxylic acids is 1. The first kappa shape index (κ1) is 21.5. The molecule has 2 aromatic carbocycles. The van der Waals surface area contributed by atoms with Gasteiger partial charge in [-0.1, -0.05) is 48.5 Å². The van der Waals surface area contributed by atoms with Crippen LogP contribution in [-0.2, 0) is 14.3 Å². The van der Waals surface area contributed by atoms with Crippen LogP contribution in [0.5, 0.6) is 0 Å². The lowest BCUT2D eigenvalue weighted by Gasteiger charge is -2.19. The largest absolute Gasteiger partial charge is 0.481 e. The lowest BCUT2D eigenvalue weighted by Crippen LogP contribution is -2.33. The molecule has 2 atom stereocenters. The van der Waals surface area contributed by atoms with E-state index in [1.807, 2.05) is 24.3 Å². The second-order valence-corrected chi connectivity index (χ2v) is 9.35. The number of amides is 2. The van der Waals surface area contributed by atoms with E-state index >= 15 is 0 Å². The van der Waals surface area contributed by atoms with Crippen LogP contribution < -0.4 is 5.32 Å². The number of carboxylic acid groups (broad SMARTS) is 1. The topological polar surface area (TPSA) is 95.9 Å². The highest BCUT2D eigenvalue weighted by Gasteiger charge is 2.66. The molecule has 7 nitrogen and oxygen atoms in total. The molecule has 1 saturated heterocycles. The minimum atomic E-state index is -0.782. The molecule has 0 radical (unpaired) electrons. The maximum Gasteiger partial charge on any atom is 0.407 e. The lowest BCUT2D eigenvalue weighted by atomic mass is 9.98. The Balaban J connectivity index is 1.02. The van der Waals surface area contributed by atoms with Gasteiger partial charge in [-0.15, -0.1) is 0 Å². The third-order valence-corrected chi connectivity index (χ3v) is 7.35. The second kappa shape index (κ2) is 8.54. The number of rotatable bonds is 8. The summed E-state index contributed by atoms with van der Waals surface area (Å²) in [5.41, 5.74) is 4.05. The number of carbonyl (C=O) groups is 3. The second-order valence-electron chi connectivity index (χ2n) is 9.35. The maximum absolute atomic E-state index is 12.3. The highest BCUT2D eigenvalue weighted by Crippen LogP contribution is 2.58. The average molecular weight is 449 g/mol. The van der Waals surface area contributed by atoms with Crippen LogP contribution in [-0.4, -0.2) is 54.2 Å². The zero-order valence-corrected chi connectivity index (χ0v) is 18.5. The number of piperidine rings is 1. The van der Waals surface area contributed by atoms with Crippen LogP contribution in [0.25, 0.3) is 11.1 Å². The van der Waals surface area contributed by atoms with Crippen LogP contribution >= 0.6 is 0 Å². The number of nitrogens with zero attached hydrogens (tertiary/aromatic N) is 1. The Labute approximate surface area is 192 Å². The SMILES string of the molecule is O=C(NCCCCC(=O)N1CC2CC2(C(=O)O)C1)OCC1c2ccccc2-c2ccccc21. The van der Waals surface area contributed by atoms with Crippen LogP contribution in [0.15, 0.2) is 48.5 Å². The Hall–Kier alpha value is -3.35. The van der Waals surface area contributed by atoms with Crippen molar-refractivity contribution < 1.29 is 24.2 Å². The van der Waals surface area contributed by atoms with Crippen molar-refractivity contribution >= 4 is 18.0 Å². The van der Waals surface area contributed by atoms with Crippen molar-refractivity contribution in [2.75, 3.05) is 26.2 Å². The molecule has 0 aromatic heterocycles. The standard InChI is InChI=1S/C26H28N2O5/c29-23(28-14-17-13-26(17,16-28)24(30)31)11-5-6-12-27-25(32)33-15-22-20-9-3-1-7-18(20)19-8-2-4-10-21(19)22/h1-4,7-10,17,22H,5-6,11-16H2,(H,27,32)(H,30,31). The fourth-order valence-electron chi connectivity index (χ4n) is 5.40. The minimum Gasteiger partial charge on any atom is -0.481 e. The number of unbranched alkanes of at least 4 members (excludes halogenated alkanes) is 1. The number of carbonyl (C=O) groups excluding carboxylic acids is 2. The van der Waals surface area contributed by atoms with Crippen molar-refractivity contribution in [3.8, 4) is 11.1 Å². The first-order valence-electron chi connectivity index (χ1n) is 11.6. The monoisotopic (exact) mass is 448 g/mol. The molecule has 2 amide bonds. The summed E-state index contributed by atoms with van der Waals surface area (Å²) < 4.78 is 5.52. The number of alkyl carbamates (subject to hydrolysis) is 1. The molecule has 0 bridgehead atoms. The van der Waals surface area contributed by atoms with Gasteiger partial charge in [0.15, 0.2) is 0 Å². The van der Waals surface area contributed by atoms with Crippen LogP contribution in [0.4, 0.5) is 4.79 Å². The molecule has 5 rings (SSSR count). The highest BCUT2D eigenvalue weighted by molar-refractivity contribution is 5.84. The molecule has 33 heavy (non-hydrogen) atoms. The molecule has 0 spiro atoms. The first-order chi connectivity index (χ1) is 16.0. The molecular weight excluding hydrogens is 420 g/mol. The molecule has 3 aliphatic rings. The number of likely N-dealkylation sites (tertiary alicyclic amines) is 1. The van der Waals surface area contributed by atoms with Gasteiger partial charge in [-0.2, -0.15) is 0 Å². The number of nitrogens with one attached hydrogen (secondary N) is 1. The van der Waals surface area contributed by atoms with Crippen molar-refractivity contribution in [3.63, 3.8) is 0 Å². The summed E-state index contributed by atoms with van der Waals surface area (Å²) in [5, 5.41) is 12.1. The van der Waals surface area contributed by atoms with Gasteiger partial charge in [0, 0.05) is 32.0 Å². The van der Waals surface area contributed by atoms with Gasteiger partial charge in [0.2, 0.25) is 5.91 Å². The molecule has 2 N–H and O–H groups in total. The normalized spacial score (nSPS) is 22.3. The van der Waals surface area contributed by atoms with Crippen molar-refractivity contribution in [1.82, 2.24) is 10.2 Å². The number of hydrogen-bond donors (Lipinski definition) is 2. The molecule has 1 saturated carbocycles. The zero-order chi connectivity index (χ0) is 23.0. The Bertz CT molecular complexity index is 1050. The van der Waals surface area contributed by atoms with Crippen molar-refractivity contribution in [1.29, 1.82) is 0 Å². The summed E-state index contributed by atoms with van der Waals surface area (Å²) in [4.78, 5) is 37.6. The maximum atomic E-state index is 12.3. The molecule has 2 aromatic rings. The molecule has 1 aliphatic heterocycles. The predicted octanol–water partition coefficient (Wildman–Crippen LogP) is 3.63. The van der Waals surface area contributed by atoms with Crippen molar-refractivity contribution in [2.45, 2.75) is 31.6 Å². The minimum absolute atomic E-state index is 0.00367. The van der Waals surface area contributed by atoms with E-state index in [1.165, 1.54) is 22.3 Å². The molecule has 172 valence electrons. The molecule has 2 unspecified atom stereocenters. The third-order valence-electron chi connectivity index (χ3n) is 7.35. The molecular formula is C26H28N2O5. The van der Waals surface area contributed by atoms with E-state index in [1.54, 1.807) is 4.90 Å². The quantitative estimate of drug-likeness (QED) is 0.602. The summed E-state index contributed by atoms with van der Waals surface area (Å²) in [6.07, 6.45) is 1.91. The fraction of sp³-hybridized carbons (Fsp3) is 0.423. The number of benzene rings is 2. The van der Waals surface area contributed by atoms with E-state index in [9.17, 15) is 19.5 Å². The Kier molecular flexibility index (Phi) is 5.56. The van der Waals surface area contributed by atoms with Gasteiger partial charge in [-0.25, -0.2) is 4.79 Å². The van der Waals surface area contributed by atoms with Crippen LogP contribution in [0.2, 0.25) is 0 Å². The number of carboxylic acids is 1. The van der Waals surface area contributed by atoms with Crippen LogP contribution in [0.1, 0.15) is 42.7 Å². The molecule has 7 heteroatoms. The van der Waals surface area contributed by atoms with Gasteiger partial charge in [0.25, 0.3) is 0 Å². The average Bonchev–Trinajstić information content (AvgIpc) is 3.25. The Morgan fingerprint density at radius 1 is 1.03 bits per heavy atom. The number of ether oxygens (including phenoxy) is 1. The number of hydrogen-bond acceptors (Lipinski definition) is 4. The van der Waals surface area contributed by atoms with E-state index in [0.717, 1.165) is 0 Å². The summed E-state index contributed by atoms with van der Waals surface area (Å²) >= 11 is 0. The van der Waals surface area contributed by atoms with Crippen molar-refractivity contribution in [2.24, 2.45) is 11.3 Å². The lowest BCUT2D eigenvalue weighted by molar-refractivity contribution is -0.144. The zero-order valence-electron chi connectivity index (χ0n) is 18.5. The van der Waals surface area contributed by atoms with Gasteiger partial charge in [-0.05, 0) is 47.4 Å². The summed E-state index contributed by atoms with van der Waals surface area (Å²) in [6.45, 7) is 1.61. The molecule has 2 fully saturated rings. The van der Waals surface area contributed by atoms with Gasteiger partial charge < -0.3 is 20.1 Å². The summed E-state index contributed by atoms with van der Waals surface area (Å²) in [6, 6.07) is 16.4. The first-order valence-corrected chi connectivity index (χ1v) is 11.6. The van der Waals surface area contributed by atoms with Gasteiger partial charge in [0.1, 0.15) is 6.61 Å². The highest BCUT2D eigenvalue weighted by atomic mass is 16.5. The number of fused-ring (bicyclic) bond motifs is 4. The van der Waals surface area contributed by atoms with Crippen molar-refractivity contribution in [3.05, 3.63) is 59.7 Å². The van der Waals surface area contributed by atoms with E-state index < -0.39 is 17.5 Å². The van der Waals surface area contributed by atoms with E-state index in [2.05, 4.69) is 29.6 Å². The van der Waals surface area contributed by atoms with E-state index in [0.29, 0.717) is 45.3 Å². The summed E-state index contributed by atoms with van der Waals surface area (Å²) in [7, 11) is 0. The summed E-state index contributed by atoms with van der Waals surface area (Å²) in [5.74, 6) is -0.630. The van der Waals surface area contributed by atoms with Gasteiger partial charge >= 0.3 is 12.1 Å².